The Balaban J connectivity index is 2.07. The lowest BCUT2D eigenvalue weighted by molar-refractivity contribution is 0.148. The van der Waals surface area contributed by atoms with Gasteiger partial charge in [-0.2, -0.15) is 0 Å². The summed E-state index contributed by atoms with van der Waals surface area (Å²) in [6, 6.07) is 4.73. The second-order valence-corrected chi connectivity index (χ2v) is 4.91. The van der Waals surface area contributed by atoms with E-state index >= 15 is 0 Å². The lowest BCUT2D eigenvalue weighted by Gasteiger charge is -2.35. The Morgan fingerprint density at radius 3 is 2.89 bits per heavy atom. The van der Waals surface area contributed by atoms with Gasteiger partial charge in [0, 0.05) is 18.3 Å². The molecule has 1 atom stereocenters. The zero-order valence-electron chi connectivity index (χ0n) is 11.6. The predicted molar refractivity (Wildman–Crippen MR) is 73.9 cm³/mol. The molecule has 3 heteroatoms. The first-order valence-corrected chi connectivity index (χ1v) is 7.18. The van der Waals surface area contributed by atoms with Gasteiger partial charge in [-0.1, -0.05) is 19.4 Å². The van der Waals surface area contributed by atoms with Gasteiger partial charge in [-0.3, -0.25) is 4.90 Å². The third-order valence-electron chi connectivity index (χ3n) is 3.56. The molecule has 1 saturated heterocycles. The zero-order chi connectivity index (χ0) is 12.8. The van der Waals surface area contributed by atoms with E-state index in [9.17, 15) is 0 Å². The Labute approximate surface area is 110 Å². The molecule has 18 heavy (non-hydrogen) atoms. The number of pyridine rings is 1. The fraction of sp³-hybridized carbons (Fsp3) is 0.667. The third kappa shape index (κ3) is 3.22. The first-order chi connectivity index (χ1) is 8.85. The van der Waals surface area contributed by atoms with Crippen LogP contribution in [0.25, 0.3) is 0 Å². The van der Waals surface area contributed by atoms with Crippen molar-refractivity contribution in [1.82, 2.24) is 9.88 Å². The smallest absolute Gasteiger partial charge is 0.213 e. The first-order valence-electron chi connectivity index (χ1n) is 7.18. The summed E-state index contributed by atoms with van der Waals surface area (Å²) in [7, 11) is 0. The third-order valence-corrected chi connectivity index (χ3v) is 3.56. The molecule has 0 spiro atoms. The number of rotatable bonds is 5. The van der Waals surface area contributed by atoms with E-state index in [2.05, 4.69) is 22.9 Å². The van der Waals surface area contributed by atoms with Crippen molar-refractivity contribution in [3.05, 3.63) is 23.9 Å². The van der Waals surface area contributed by atoms with Crippen molar-refractivity contribution in [2.24, 2.45) is 0 Å². The summed E-state index contributed by atoms with van der Waals surface area (Å²) in [4.78, 5) is 6.99. The van der Waals surface area contributed by atoms with Gasteiger partial charge in [0.05, 0.1) is 6.61 Å². The molecule has 100 valence electrons. The Hall–Kier alpha value is -1.09. The van der Waals surface area contributed by atoms with Gasteiger partial charge < -0.3 is 4.74 Å². The fourth-order valence-electron chi connectivity index (χ4n) is 2.75. The van der Waals surface area contributed by atoms with Crippen LogP contribution in [0.15, 0.2) is 18.3 Å². The Morgan fingerprint density at radius 1 is 1.33 bits per heavy atom. The standard InChI is InChI=1S/C15H24N2O/c1-3-10-17-11-6-5-7-14(17)13-8-9-15(16-12-13)18-4-2/h8-9,12,14H,3-7,10-11H2,1-2H3/t14-/m0/s1. The highest BCUT2D eigenvalue weighted by Crippen LogP contribution is 2.30. The lowest BCUT2D eigenvalue weighted by atomic mass is 9.96. The topological polar surface area (TPSA) is 25.4 Å². The second-order valence-electron chi connectivity index (χ2n) is 4.91. The van der Waals surface area contributed by atoms with Crippen LogP contribution in [0.3, 0.4) is 0 Å². The quantitative estimate of drug-likeness (QED) is 0.798. The van der Waals surface area contributed by atoms with Crippen LogP contribution in [0.5, 0.6) is 5.88 Å². The molecule has 1 aliphatic heterocycles. The minimum Gasteiger partial charge on any atom is -0.478 e. The van der Waals surface area contributed by atoms with Gasteiger partial charge in [0.15, 0.2) is 0 Å². The first kappa shape index (κ1) is 13.3. The van der Waals surface area contributed by atoms with Gasteiger partial charge in [-0.15, -0.1) is 0 Å². The number of hydrogen-bond acceptors (Lipinski definition) is 3. The van der Waals surface area contributed by atoms with Crippen molar-refractivity contribution >= 4 is 0 Å². The zero-order valence-corrected chi connectivity index (χ0v) is 11.6. The maximum absolute atomic E-state index is 5.40. The summed E-state index contributed by atoms with van der Waals surface area (Å²) in [5, 5.41) is 0. The highest BCUT2D eigenvalue weighted by Gasteiger charge is 2.23. The normalized spacial score (nSPS) is 20.9. The highest BCUT2D eigenvalue weighted by atomic mass is 16.5. The summed E-state index contributed by atoms with van der Waals surface area (Å²) in [5.74, 6) is 0.735. The highest BCUT2D eigenvalue weighted by molar-refractivity contribution is 5.21. The van der Waals surface area contributed by atoms with Crippen molar-refractivity contribution in [3.8, 4) is 5.88 Å². The van der Waals surface area contributed by atoms with Crippen molar-refractivity contribution in [3.63, 3.8) is 0 Å². The van der Waals surface area contributed by atoms with Gasteiger partial charge in [0.2, 0.25) is 5.88 Å². The van der Waals surface area contributed by atoms with E-state index in [0.29, 0.717) is 12.6 Å². The van der Waals surface area contributed by atoms with Crippen molar-refractivity contribution in [2.75, 3.05) is 19.7 Å². The second kappa shape index (κ2) is 6.74. The average Bonchev–Trinajstić information content (AvgIpc) is 2.41. The van der Waals surface area contributed by atoms with Crippen molar-refractivity contribution in [2.45, 2.75) is 45.6 Å². The van der Waals surface area contributed by atoms with E-state index in [1.165, 1.54) is 44.3 Å². The number of ether oxygens (including phenoxy) is 1. The molecule has 1 aliphatic rings. The molecule has 1 fully saturated rings. The average molecular weight is 248 g/mol. The molecule has 2 rings (SSSR count). The molecule has 0 unspecified atom stereocenters. The molecule has 0 aliphatic carbocycles. The van der Waals surface area contributed by atoms with Gasteiger partial charge in [-0.25, -0.2) is 4.98 Å². The number of piperidine rings is 1. The summed E-state index contributed by atoms with van der Waals surface area (Å²) < 4.78 is 5.40. The van der Waals surface area contributed by atoms with Crippen LogP contribution in [-0.2, 0) is 0 Å². The van der Waals surface area contributed by atoms with Crippen molar-refractivity contribution < 1.29 is 4.74 Å². The van der Waals surface area contributed by atoms with Crippen LogP contribution in [0, 0.1) is 0 Å². The maximum Gasteiger partial charge on any atom is 0.213 e. The number of nitrogens with zero attached hydrogens (tertiary/aromatic N) is 2. The minimum atomic E-state index is 0.557. The van der Waals surface area contributed by atoms with Crippen LogP contribution in [0.1, 0.15) is 51.1 Å². The summed E-state index contributed by atoms with van der Waals surface area (Å²) in [5.41, 5.74) is 1.34. The Morgan fingerprint density at radius 2 is 2.22 bits per heavy atom. The number of likely N-dealkylation sites (tertiary alicyclic amines) is 1. The molecular weight excluding hydrogens is 224 g/mol. The number of hydrogen-bond donors (Lipinski definition) is 0. The molecule has 0 amide bonds. The molecule has 0 saturated carbocycles. The van der Waals surface area contributed by atoms with Crippen LogP contribution < -0.4 is 4.74 Å². The molecule has 3 nitrogen and oxygen atoms in total. The van der Waals surface area contributed by atoms with Crippen LogP contribution >= 0.6 is 0 Å². The molecule has 1 aromatic heterocycles. The molecular formula is C15H24N2O. The lowest BCUT2D eigenvalue weighted by Crippen LogP contribution is -2.34. The SMILES string of the molecule is CCCN1CCCC[C@H]1c1ccc(OCC)nc1. The molecule has 0 radical (unpaired) electrons. The van der Waals surface area contributed by atoms with Gasteiger partial charge in [0.1, 0.15) is 0 Å². The van der Waals surface area contributed by atoms with Gasteiger partial charge >= 0.3 is 0 Å². The van der Waals surface area contributed by atoms with E-state index in [0.717, 1.165) is 5.88 Å². The summed E-state index contributed by atoms with van der Waals surface area (Å²) >= 11 is 0. The van der Waals surface area contributed by atoms with Gasteiger partial charge in [-0.05, 0) is 44.8 Å². The Kier molecular flexibility index (Phi) is 5.00. The fourth-order valence-corrected chi connectivity index (χ4v) is 2.75. The monoisotopic (exact) mass is 248 g/mol. The maximum atomic E-state index is 5.40. The summed E-state index contributed by atoms with van der Waals surface area (Å²) in [6.07, 6.45) is 7.14. The van der Waals surface area contributed by atoms with E-state index in [4.69, 9.17) is 4.74 Å². The molecule has 1 aromatic rings. The molecule has 0 bridgehead atoms. The minimum absolute atomic E-state index is 0.557. The predicted octanol–water partition coefficient (Wildman–Crippen LogP) is 3.42. The molecule has 0 N–H and O–H groups in total. The van der Waals surface area contributed by atoms with E-state index < -0.39 is 0 Å². The van der Waals surface area contributed by atoms with E-state index in [1.807, 2.05) is 19.2 Å². The van der Waals surface area contributed by atoms with Crippen LogP contribution in [0.4, 0.5) is 0 Å². The Bertz CT molecular complexity index is 348. The molecule has 2 heterocycles. The van der Waals surface area contributed by atoms with Crippen molar-refractivity contribution in [1.29, 1.82) is 0 Å². The summed E-state index contributed by atoms with van der Waals surface area (Å²) in [6.45, 7) is 7.34. The number of aromatic nitrogens is 1. The van der Waals surface area contributed by atoms with Crippen LogP contribution in [0.2, 0.25) is 0 Å². The molecule has 0 aromatic carbocycles. The van der Waals surface area contributed by atoms with E-state index in [1.54, 1.807) is 0 Å². The van der Waals surface area contributed by atoms with Crippen LogP contribution in [-0.4, -0.2) is 29.6 Å². The van der Waals surface area contributed by atoms with E-state index in [-0.39, 0.29) is 0 Å². The largest absolute Gasteiger partial charge is 0.478 e. The van der Waals surface area contributed by atoms with Gasteiger partial charge in [0.25, 0.3) is 0 Å².